The highest BCUT2D eigenvalue weighted by Gasteiger charge is 2.16. The van der Waals surface area contributed by atoms with Crippen molar-refractivity contribution in [2.45, 2.75) is 13.3 Å². The van der Waals surface area contributed by atoms with Crippen LogP contribution in [-0.4, -0.2) is 27.8 Å². The number of amides is 1. The van der Waals surface area contributed by atoms with Crippen LogP contribution in [0.3, 0.4) is 0 Å². The van der Waals surface area contributed by atoms with Gasteiger partial charge in [-0.25, -0.2) is 4.98 Å². The molecule has 0 atom stereocenters. The van der Waals surface area contributed by atoms with Crippen molar-refractivity contribution in [1.82, 2.24) is 14.8 Å². The third-order valence-corrected chi connectivity index (χ3v) is 5.79. The molecule has 0 aliphatic carbocycles. The molecule has 5 aromatic rings. The molecule has 5 rings (SSSR count). The smallest absolute Gasteiger partial charge is 0.229 e. The minimum Gasteiger partial charge on any atom is -0.497 e. The molecule has 1 amide bonds. The standard InChI is InChI=1S/C24H20N4O3S/c1-15-11-22(26-23(29)12-16-7-9-18(30-2)10-8-16)28(27-15)24-25-19(14-32-24)21-13-17-5-3-4-6-20(17)31-21/h3-11,13-14H,12H2,1-2H3,(H,26,29). The van der Waals surface area contributed by atoms with Gasteiger partial charge in [-0.05, 0) is 36.8 Å². The summed E-state index contributed by atoms with van der Waals surface area (Å²) in [6.45, 7) is 1.88. The molecular formula is C24H20N4O3S. The van der Waals surface area contributed by atoms with Crippen LogP contribution in [0.4, 0.5) is 5.82 Å². The number of aromatic nitrogens is 3. The van der Waals surface area contributed by atoms with E-state index in [0.29, 0.717) is 16.7 Å². The molecule has 7 nitrogen and oxygen atoms in total. The molecule has 0 aliphatic rings. The van der Waals surface area contributed by atoms with Crippen molar-refractivity contribution in [2.24, 2.45) is 0 Å². The van der Waals surface area contributed by atoms with Gasteiger partial charge in [-0.3, -0.25) is 4.79 Å². The van der Waals surface area contributed by atoms with Crippen LogP contribution in [0.25, 0.3) is 27.6 Å². The molecule has 2 aromatic carbocycles. The largest absolute Gasteiger partial charge is 0.497 e. The quantitative estimate of drug-likeness (QED) is 0.387. The Morgan fingerprint density at radius 1 is 1.16 bits per heavy atom. The molecule has 3 heterocycles. The maximum atomic E-state index is 12.6. The molecule has 0 aliphatic heterocycles. The average Bonchev–Trinajstić information content (AvgIpc) is 3.51. The molecule has 0 fully saturated rings. The lowest BCUT2D eigenvalue weighted by Gasteiger charge is -2.07. The van der Waals surface area contributed by atoms with Crippen LogP contribution in [0.2, 0.25) is 0 Å². The Morgan fingerprint density at radius 3 is 2.75 bits per heavy atom. The van der Waals surface area contributed by atoms with Gasteiger partial charge in [0.1, 0.15) is 22.8 Å². The van der Waals surface area contributed by atoms with E-state index < -0.39 is 0 Å². The number of anilines is 1. The lowest BCUT2D eigenvalue weighted by atomic mass is 10.1. The summed E-state index contributed by atoms with van der Waals surface area (Å²) in [5.41, 5.74) is 3.22. The SMILES string of the molecule is COc1ccc(CC(=O)Nc2cc(C)nn2-c2nc(-c3cc4ccccc4o3)cs2)cc1. The number of nitrogens with zero attached hydrogens (tertiary/aromatic N) is 3. The Balaban J connectivity index is 1.36. The Hall–Kier alpha value is -3.91. The number of carbonyl (C=O) groups is 1. The highest BCUT2D eigenvalue weighted by atomic mass is 32.1. The highest BCUT2D eigenvalue weighted by molar-refractivity contribution is 7.12. The van der Waals surface area contributed by atoms with Crippen LogP contribution in [0.15, 0.2) is 70.5 Å². The van der Waals surface area contributed by atoms with Gasteiger partial charge in [-0.1, -0.05) is 30.3 Å². The third-order valence-electron chi connectivity index (χ3n) is 4.97. The molecule has 0 unspecified atom stereocenters. The van der Waals surface area contributed by atoms with Gasteiger partial charge < -0.3 is 14.5 Å². The number of methoxy groups -OCH3 is 1. The number of nitrogens with one attached hydrogen (secondary N) is 1. The van der Waals surface area contributed by atoms with E-state index in [1.165, 1.54) is 11.3 Å². The molecule has 3 aromatic heterocycles. The van der Waals surface area contributed by atoms with Gasteiger partial charge in [0.2, 0.25) is 11.0 Å². The zero-order chi connectivity index (χ0) is 22.1. The summed E-state index contributed by atoms with van der Waals surface area (Å²) in [5, 5.41) is 11.1. The molecule has 0 bridgehead atoms. The van der Waals surface area contributed by atoms with E-state index in [1.807, 2.05) is 73.0 Å². The number of carbonyl (C=O) groups excluding carboxylic acids is 1. The molecule has 8 heteroatoms. The minimum atomic E-state index is -0.134. The molecule has 1 N–H and O–H groups in total. The van der Waals surface area contributed by atoms with Gasteiger partial charge in [-0.2, -0.15) is 9.78 Å². The zero-order valence-corrected chi connectivity index (χ0v) is 18.3. The van der Waals surface area contributed by atoms with Crippen LogP contribution in [0, 0.1) is 6.92 Å². The molecule has 0 radical (unpaired) electrons. The van der Waals surface area contributed by atoms with Crippen LogP contribution in [-0.2, 0) is 11.2 Å². The molecule has 32 heavy (non-hydrogen) atoms. The zero-order valence-electron chi connectivity index (χ0n) is 17.5. The van der Waals surface area contributed by atoms with Crippen LogP contribution < -0.4 is 10.1 Å². The predicted molar refractivity (Wildman–Crippen MR) is 125 cm³/mol. The van der Waals surface area contributed by atoms with Gasteiger partial charge in [-0.15, -0.1) is 11.3 Å². The number of rotatable bonds is 6. The fourth-order valence-electron chi connectivity index (χ4n) is 3.43. The Bertz CT molecular complexity index is 1370. The first kappa shape index (κ1) is 20.0. The Morgan fingerprint density at radius 2 is 1.97 bits per heavy atom. The van der Waals surface area contributed by atoms with Gasteiger partial charge >= 0.3 is 0 Å². The first-order valence-electron chi connectivity index (χ1n) is 10.0. The monoisotopic (exact) mass is 444 g/mol. The fourth-order valence-corrected chi connectivity index (χ4v) is 4.21. The second kappa shape index (κ2) is 8.32. The minimum absolute atomic E-state index is 0.134. The molecular weight excluding hydrogens is 424 g/mol. The van der Waals surface area contributed by atoms with Crippen LogP contribution >= 0.6 is 11.3 Å². The summed E-state index contributed by atoms with van der Waals surface area (Å²) < 4.78 is 12.7. The van der Waals surface area contributed by atoms with E-state index in [4.69, 9.17) is 14.1 Å². The number of furan rings is 1. The van der Waals surface area contributed by atoms with Gasteiger partial charge in [0.15, 0.2) is 5.76 Å². The normalized spacial score (nSPS) is 11.1. The Kier molecular flexibility index (Phi) is 5.20. The molecule has 160 valence electrons. The van der Waals surface area contributed by atoms with Crippen molar-refractivity contribution < 1.29 is 13.9 Å². The first-order chi connectivity index (χ1) is 15.6. The van der Waals surface area contributed by atoms with Crippen molar-refractivity contribution in [3.8, 4) is 22.3 Å². The molecule has 0 spiro atoms. The van der Waals surface area contributed by atoms with Crippen molar-refractivity contribution in [2.75, 3.05) is 12.4 Å². The average molecular weight is 445 g/mol. The fraction of sp³-hybridized carbons (Fsp3) is 0.125. The summed E-state index contributed by atoms with van der Waals surface area (Å²) in [4.78, 5) is 17.3. The molecule has 0 saturated heterocycles. The highest BCUT2D eigenvalue weighted by Crippen LogP contribution is 2.30. The van der Waals surface area contributed by atoms with Crippen LogP contribution in [0.5, 0.6) is 5.75 Å². The van der Waals surface area contributed by atoms with Gasteiger partial charge in [0, 0.05) is 16.8 Å². The van der Waals surface area contributed by atoms with Gasteiger partial charge in [0.05, 0.1) is 19.2 Å². The van der Waals surface area contributed by atoms with Crippen LogP contribution in [0.1, 0.15) is 11.3 Å². The summed E-state index contributed by atoms with van der Waals surface area (Å²) >= 11 is 1.43. The van der Waals surface area contributed by atoms with Gasteiger partial charge in [0.25, 0.3) is 0 Å². The number of hydrogen-bond donors (Lipinski definition) is 1. The van der Waals surface area contributed by atoms with Crippen molar-refractivity contribution in [1.29, 1.82) is 0 Å². The van der Waals surface area contributed by atoms with E-state index in [0.717, 1.165) is 33.7 Å². The van der Waals surface area contributed by atoms with E-state index >= 15 is 0 Å². The van der Waals surface area contributed by atoms with E-state index in [-0.39, 0.29) is 12.3 Å². The second-order valence-corrected chi connectivity index (χ2v) is 8.16. The lowest BCUT2D eigenvalue weighted by molar-refractivity contribution is -0.115. The topological polar surface area (TPSA) is 82.2 Å². The number of aryl methyl sites for hydroxylation is 1. The van der Waals surface area contributed by atoms with E-state index in [1.54, 1.807) is 11.8 Å². The number of fused-ring (bicyclic) bond motifs is 1. The van der Waals surface area contributed by atoms with Crippen molar-refractivity contribution in [3.63, 3.8) is 0 Å². The number of hydrogen-bond acceptors (Lipinski definition) is 6. The summed E-state index contributed by atoms with van der Waals surface area (Å²) in [6.07, 6.45) is 0.246. The maximum absolute atomic E-state index is 12.6. The number of ether oxygens (including phenoxy) is 1. The van der Waals surface area contributed by atoms with E-state index in [2.05, 4.69) is 10.4 Å². The second-order valence-electron chi connectivity index (χ2n) is 7.32. The van der Waals surface area contributed by atoms with E-state index in [9.17, 15) is 4.79 Å². The van der Waals surface area contributed by atoms with Crippen molar-refractivity contribution >= 4 is 34.0 Å². The summed E-state index contributed by atoms with van der Waals surface area (Å²) in [7, 11) is 1.61. The summed E-state index contributed by atoms with van der Waals surface area (Å²) in [6, 6.07) is 19.1. The number of para-hydroxylation sites is 1. The molecule has 0 saturated carbocycles. The number of benzene rings is 2. The first-order valence-corrected chi connectivity index (χ1v) is 10.9. The number of thiazole rings is 1. The van der Waals surface area contributed by atoms with Crippen molar-refractivity contribution in [3.05, 3.63) is 77.3 Å². The summed E-state index contributed by atoms with van der Waals surface area (Å²) in [5.74, 6) is 1.89. The maximum Gasteiger partial charge on any atom is 0.229 e. The Labute approximate surface area is 188 Å². The third kappa shape index (κ3) is 4.00. The lowest BCUT2D eigenvalue weighted by Crippen LogP contribution is -2.17. The predicted octanol–water partition coefficient (Wildman–Crippen LogP) is 5.24.